The van der Waals surface area contributed by atoms with Crippen LogP contribution in [0.25, 0.3) is 0 Å². The minimum atomic E-state index is -0.952. The van der Waals surface area contributed by atoms with Gasteiger partial charge in [0, 0.05) is 17.9 Å². The third-order valence-corrected chi connectivity index (χ3v) is 4.80. The maximum absolute atomic E-state index is 10.6. The average Bonchev–Trinajstić information content (AvgIpc) is 2.87. The molecule has 0 saturated heterocycles. The van der Waals surface area contributed by atoms with Crippen molar-refractivity contribution >= 4 is 11.6 Å². The zero-order chi connectivity index (χ0) is 14.2. The summed E-state index contributed by atoms with van der Waals surface area (Å²) in [5.74, 6) is 0.854. The van der Waals surface area contributed by atoms with Gasteiger partial charge in [-0.05, 0) is 36.1 Å². The number of aliphatic hydroxyl groups is 2. The van der Waals surface area contributed by atoms with Crippen LogP contribution in [0.15, 0.2) is 12.1 Å². The van der Waals surface area contributed by atoms with Crippen LogP contribution in [-0.4, -0.2) is 28.5 Å². The fraction of sp³-hybridized carbons (Fsp3) is 0.625. The molecule has 110 valence electrons. The number of fused-ring (bicyclic) bond motifs is 1. The van der Waals surface area contributed by atoms with Gasteiger partial charge in [0.15, 0.2) is 0 Å². The van der Waals surface area contributed by atoms with Gasteiger partial charge in [0.25, 0.3) is 0 Å². The first-order chi connectivity index (χ1) is 9.58. The number of halogens is 1. The first-order valence-electron chi connectivity index (χ1n) is 7.43. The largest absolute Gasteiger partial charge is 0.493 e. The third kappa shape index (κ3) is 2.67. The van der Waals surface area contributed by atoms with Gasteiger partial charge in [0.05, 0.1) is 18.3 Å². The second-order valence-corrected chi connectivity index (χ2v) is 6.47. The molecule has 1 saturated carbocycles. The predicted octanol–water partition coefficient (Wildman–Crippen LogP) is 2.87. The van der Waals surface area contributed by atoms with Crippen LogP contribution >= 0.6 is 11.6 Å². The van der Waals surface area contributed by atoms with Crippen molar-refractivity contribution < 1.29 is 14.9 Å². The maximum atomic E-state index is 10.6. The molecule has 1 aromatic carbocycles. The van der Waals surface area contributed by atoms with E-state index in [0.717, 1.165) is 42.6 Å². The molecule has 0 amide bonds. The van der Waals surface area contributed by atoms with Gasteiger partial charge in [0.2, 0.25) is 0 Å². The van der Waals surface area contributed by atoms with Crippen molar-refractivity contribution in [2.75, 3.05) is 6.61 Å². The summed E-state index contributed by atoms with van der Waals surface area (Å²) in [6.07, 6.45) is 4.98. The van der Waals surface area contributed by atoms with Crippen LogP contribution in [0.5, 0.6) is 5.75 Å². The highest BCUT2D eigenvalue weighted by atomic mass is 35.5. The molecule has 3 rings (SSSR count). The monoisotopic (exact) mass is 296 g/mol. The van der Waals surface area contributed by atoms with Crippen molar-refractivity contribution in [1.82, 2.24) is 0 Å². The van der Waals surface area contributed by atoms with Gasteiger partial charge in [-0.1, -0.05) is 30.9 Å². The van der Waals surface area contributed by atoms with Crippen LogP contribution in [0.4, 0.5) is 0 Å². The Morgan fingerprint density at radius 3 is 2.75 bits per heavy atom. The van der Waals surface area contributed by atoms with E-state index in [-0.39, 0.29) is 0 Å². The molecule has 1 aromatic rings. The highest BCUT2D eigenvalue weighted by Gasteiger charge is 2.37. The molecule has 1 unspecified atom stereocenters. The van der Waals surface area contributed by atoms with E-state index in [9.17, 15) is 10.2 Å². The predicted molar refractivity (Wildman–Crippen MR) is 78.4 cm³/mol. The summed E-state index contributed by atoms with van der Waals surface area (Å²) in [6.45, 7) is 0.670. The Labute approximate surface area is 124 Å². The summed E-state index contributed by atoms with van der Waals surface area (Å²) >= 11 is 6.13. The summed E-state index contributed by atoms with van der Waals surface area (Å²) in [6, 6.07) is 3.77. The molecule has 0 radical (unpaired) electrons. The van der Waals surface area contributed by atoms with Gasteiger partial charge < -0.3 is 14.9 Å². The Morgan fingerprint density at radius 2 is 2.00 bits per heavy atom. The number of ether oxygens (including phenoxy) is 1. The third-order valence-electron chi connectivity index (χ3n) is 4.58. The molecule has 1 aliphatic carbocycles. The van der Waals surface area contributed by atoms with E-state index in [1.54, 1.807) is 0 Å². The lowest BCUT2D eigenvalue weighted by Gasteiger charge is -2.36. The molecule has 2 aliphatic rings. The van der Waals surface area contributed by atoms with Gasteiger partial charge in [-0.15, -0.1) is 0 Å². The van der Waals surface area contributed by atoms with E-state index >= 15 is 0 Å². The molecule has 0 aromatic heterocycles. The zero-order valence-electron chi connectivity index (χ0n) is 11.6. The van der Waals surface area contributed by atoms with E-state index in [1.807, 2.05) is 12.1 Å². The van der Waals surface area contributed by atoms with Gasteiger partial charge in [-0.2, -0.15) is 0 Å². The zero-order valence-corrected chi connectivity index (χ0v) is 12.3. The van der Waals surface area contributed by atoms with Crippen molar-refractivity contribution in [1.29, 1.82) is 0 Å². The number of rotatable bonds is 3. The van der Waals surface area contributed by atoms with Crippen LogP contribution in [0, 0.1) is 0 Å². The molecule has 1 heterocycles. The second kappa shape index (κ2) is 5.55. The second-order valence-electron chi connectivity index (χ2n) is 6.04. The van der Waals surface area contributed by atoms with E-state index in [1.165, 1.54) is 0 Å². The average molecular weight is 297 g/mol. The van der Waals surface area contributed by atoms with Gasteiger partial charge in [-0.3, -0.25) is 0 Å². The molecule has 2 N–H and O–H groups in total. The Kier molecular flexibility index (Phi) is 3.93. The minimum absolute atomic E-state index is 0.402. The Bertz CT molecular complexity index is 495. The fourth-order valence-corrected chi connectivity index (χ4v) is 3.66. The van der Waals surface area contributed by atoms with Crippen LogP contribution in [0.2, 0.25) is 5.02 Å². The quantitative estimate of drug-likeness (QED) is 0.902. The van der Waals surface area contributed by atoms with Crippen molar-refractivity contribution in [3.8, 4) is 5.75 Å². The van der Waals surface area contributed by atoms with E-state index in [4.69, 9.17) is 16.3 Å². The molecule has 3 nitrogen and oxygen atoms in total. The van der Waals surface area contributed by atoms with Gasteiger partial charge in [-0.25, -0.2) is 0 Å². The highest BCUT2D eigenvalue weighted by Crippen LogP contribution is 2.37. The van der Waals surface area contributed by atoms with Crippen LogP contribution in [0.3, 0.4) is 0 Å². The summed E-state index contributed by atoms with van der Waals surface area (Å²) < 4.78 is 5.65. The normalized spacial score (nSPS) is 22.1. The first-order valence-corrected chi connectivity index (χ1v) is 7.81. The summed E-state index contributed by atoms with van der Waals surface area (Å²) in [5, 5.41) is 21.7. The Hall–Kier alpha value is -0.770. The lowest BCUT2D eigenvalue weighted by Crippen LogP contribution is -2.45. The lowest BCUT2D eigenvalue weighted by molar-refractivity contribution is -0.0961. The SMILES string of the molecule is OC(Cc1cc(Cl)cc2c1OCC2)C1(O)CCCCC1. The van der Waals surface area contributed by atoms with Crippen molar-refractivity contribution in [3.63, 3.8) is 0 Å². The number of benzene rings is 1. The van der Waals surface area contributed by atoms with Crippen LogP contribution in [0.1, 0.15) is 43.2 Å². The fourth-order valence-electron chi connectivity index (χ4n) is 3.39. The van der Waals surface area contributed by atoms with Crippen molar-refractivity contribution in [3.05, 3.63) is 28.3 Å². The molecule has 4 heteroatoms. The maximum Gasteiger partial charge on any atom is 0.126 e. The summed E-state index contributed by atoms with van der Waals surface area (Å²) in [7, 11) is 0. The van der Waals surface area contributed by atoms with E-state index in [0.29, 0.717) is 30.9 Å². The molecule has 0 bridgehead atoms. The molecular weight excluding hydrogens is 276 g/mol. The molecule has 1 aliphatic heterocycles. The van der Waals surface area contributed by atoms with E-state index in [2.05, 4.69) is 0 Å². The topological polar surface area (TPSA) is 49.7 Å². The number of aliphatic hydroxyl groups excluding tert-OH is 1. The Morgan fingerprint density at radius 1 is 1.25 bits per heavy atom. The summed E-state index contributed by atoms with van der Waals surface area (Å²) in [4.78, 5) is 0. The molecular formula is C16H21ClO3. The van der Waals surface area contributed by atoms with Gasteiger partial charge in [0.1, 0.15) is 5.75 Å². The van der Waals surface area contributed by atoms with Crippen molar-refractivity contribution in [2.24, 2.45) is 0 Å². The van der Waals surface area contributed by atoms with Crippen molar-refractivity contribution in [2.45, 2.75) is 56.7 Å². The standard InChI is InChI=1S/C16H21ClO3/c17-13-8-11-4-7-20-15(11)12(9-13)10-14(18)16(19)5-2-1-3-6-16/h8-9,14,18-19H,1-7,10H2. The Balaban J connectivity index is 1.81. The molecule has 1 atom stereocenters. The smallest absolute Gasteiger partial charge is 0.126 e. The van der Waals surface area contributed by atoms with Crippen LogP contribution < -0.4 is 4.74 Å². The van der Waals surface area contributed by atoms with Crippen LogP contribution in [-0.2, 0) is 12.8 Å². The molecule has 20 heavy (non-hydrogen) atoms. The molecule has 0 spiro atoms. The summed E-state index contributed by atoms with van der Waals surface area (Å²) in [5.41, 5.74) is 1.07. The number of hydrogen-bond donors (Lipinski definition) is 2. The minimum Gasteiger partial charge on any atom is -0.493 e. The lowest BCUT2D eigenvalue weighted by atomic mass is 9.79. The molecule has 1 fully saturated rings. The van der Waals surface area contributed by atoms with E-state index < -0.39 is 11.7 Å². The van der Waals surface area contributed by atoms with Gasteiger partial charge >= 0.3 is 0 Å². The number of hydrogen-bond acceptors (Lipinski definition) is 3. The highest BCUT2D eigenvalue weighted by molar-refractivity contribution is 6.30. The first kappa shape index (κ1) is 14.2.